The fraction of sp³-hybridized carbons (Fsp3) is 0.190. The minimum absolute atomic E-state index is 0.126. The maximum atomic E-state index is 14.9. The second-order valence-electron chi connectivity index (χ2n) is 7.12. The molecule has 0 spiro atoms. The van der Waals surface area contributed by atoms with Crippen molar-refractivity contribution < 1.29 is 27.1 Å². The van der Waals surface area contributed by atoms with Crippen LogP contribution in [0.4, 0.5) is 14.9 Å². The molecule has 2 heterocycles. The first-order valence-electron chi connectivity index (χ1n) is 9.84. The predicted molar refractivity (Wildman–Crippen MR) is 117 cm³/mol. The third-order valence-corrected chi connectivity index (χ3v) is 6.06. The molecule has 0 radical (unpaired) electrons. The fourth-order valence-electron chi connectivity index (χ4n) is 3.31. The highest BCUT2D eigenvalue weighted by atomic mass is 32.2. The Hall–Kier alpha value is -3.77. The van der Waals surface area contributed by atoms with E-state index < -0.39 is 28.2 Å². The zero-order chi connectivity index (χ0) is 23.6. The van der Waals surface area contributed by atoms with E-state index in [-0.39, 0.29) is 17.8 Å². The van der Waals surface area contributed by atoms with Crippen molar-refractivity contribution in [3.8, 4) is 17.4 Å². The summed E-state index contributed by atoms with van der Waals surface area (Å²) in [6, 6.07) is 12.2. The number of fused-ring (bicyclic) bond motifs is 1. The average Bonchev–Trinajstić information content (AvgIpc) is 2.79. The zero-order valence-electron chi connectivity index (χ0n) is 17.6. The first-order chi connectivity index (χ1) is 15.8. The molecule has 3 aromatic rings. The number of ether oxygens (including phenoxy) is 2. The van der Waals surface area contributed by atoms with E-state index in [0.717, 1.165) is 0 Å². The Morgan fingerprint density at radius 2 is 2.03 bits per heavy atom. The van der Waals surface area contributed by atoms with Crippen molar-refractivity contribution in [2.75, 3.05) is 11.8 Å². The lowest BCUT2D eigenvalue weighted by Crippen LogP contribution is -2.39. The predicted octanol–water partition coefficient (Wildman–Crippen LogP) is 3.36. The number of anilines is 1. The van der Waals surface area contributed by atoms with Crippen LogP contribution in [-0.2, 0) is 16.8 Å². The third-order valence-electron chi connectivity index (χ3n) is 5.04. The molecular formula is C21H20FN5O5S. The van der Waals surface area contributed by atoms with Gasteiger partial charge in [-0.05, 0) is 31.2 Å². The van der Waals surface area contributed by atoms with Gasteiger partial charge in [0.2, 0.25) is 5.88 Å². The van der Waals surface area contributed by atoms with E-state index >= 15 is 0 Å². The Morgan fingerprint density at radius 3 is 2.76 bits per heavy atom. The van der Waals surface area contributed by atoms with E-state index in [1.54, 1.807) is 37.3 Å². The van der Waals surface area contributed by atoms with Crippen LogP contribution in [0.15, 0.2) is 54.7 Å². The summed E-state index contributed by atoms with van der Waals surface area (Å²) in [6.07, 6.45) is 0.846. The second kappa shape index (κ2) is 9.00. The van der Waals surface area contributed by atoms with E-state index in [2.05, 4.69) is 19.6 Å². The Bertz CT molecular complexity index is 1290. The van der Waals surface area contributed by atoms with E-state index in [1.165, 1.54) is 36.3 Å². The lowest BCUT2D eigenvalue weighted by atomic mass is 10.0. The smallest absolute Gasteiger partial charge is 0.416 e. The number of hydrogen-bond acceptors (Lipinski definition) is 7. The van der Waals surface area contributed by atoms with Crippen molar-refractivity contribution in [2.45, 2.75) is 19.5 Å². The quantitative estimate of drug-likeness (QED) is 0.539. The van der Waals surface area contributed by atoms with Crippen LogP contribution in [0, 0.1) is 5.82 Å². The van der Waals surface area contributed by atoms with Crippen LogP contribution < -0.4 is 18.9 Å². The highest BCUT2D eigenvalue weighted by Crippen LogP contribution is 2.39. The van der Waals surface area contributed by atoms with Crippen molar-refractivity contribution in [1.29, 1.82) is 0 Å². The van der Waals surface area contributed by atoms with Crippen LogP contribution in [0.25, 0.3) is 0 Å². The third kappa shape index (κ3) is 4.86. The van der Waals surface area contributed by atoms with Gasteiger partial charge in [-0.25, -0.2) is 13.9 Å². The van der Waals surface area contributed by atoms with Crippen molar-refractivity contribution in [1.82, 2.24) is 19.8 Å². The van der Waals surface area contributed by atoms with Gasteiger partial charge in [0.05, 0.1) is 18.3 Å². The SMILES string of the molecule is CNS(=O)(=O)Nc1cccc(CN2C(=O)Oc3cc(Oc4cccnn4)ccc3[C@H]2C)c1F. The average molecular weight is 473 g/mol. The van der Waals surface area contributed by atoms with Crippen LogP contribution in [0.2, 0.25) is 0 Å². The highest BCUT2D eigenvalue weighted by Gasteiger charge is 2.32. The summed E-state index contributed by atoms with van der Waals surface area (Å²) in [6.45, 7) is 1.66. The van der Waals surface area contributed by atoms with Gasteiger partial charge in [-0.3, -0.25) is 9.62 Å². The lowest BCUT2D eigenvalue weighted by molar-refractivity contribution is 0.116. The number of carbonyl (C=O) groups excluding carboxylic acids is 1. The highest BCUT2D eigenvalue weighted by molar-refractivity contribution is 7.90. The zero-order valence-corrected chi connectivity index (χ0v) is 18.5. The molecule has 0 fully saturated rings. The van der Waals surface area contributed by atoms with Crippen molar-refractivity contribution in [3.05, 3.63) is 71.7 Å². The van der Waals surface area contributed by atoms with Gasteiger partial charge in [0.15, 0.2) is 5.82 Å². The van der Waals surface area contributed by atoms with E-state index in [4.69, 9.17) is 9.47 Å². The van der Waals surface area contributed by atoms with E-state index in [9.17, 15) is 17.6 Å². The van der Waals surface area contributed by atoms with Gasteiger partial charge in [0.25, 0.3) is 10.2 Å². The Kier molecular flexibility index (Phi) is 6.11. The number of aromatic nitrogens is 2. The largest absolute Gasteiger partial charge is 0.437 e. The molecule has 1 aliphatic rings. The topological polar surface area (TPSA) is 123 Å². The van der Waals surface area contributed by atoms with Gasteiger partial charge in [-0.1, -0.05) is 12.1 Å². The molecule has 0 aliphatic carbocycles. The van der Waals surface area contributed by atoms with Crippen molar-refractivity contribution >= 4 is 22.0 Å². The Morgan fingerprint density at radius 1 is 1.21 bits per heavy atom. The molecule has 1 amide bonds. The monoisotopic (exact) mass is 473 g/mol. The molecular weight excluding hydrogens is 453 g/mol. The van der Waals surface area contributed by atoms with Crippen LogP contribution in [0.1, 0.15) is 24.1 Å². The van der Waals surface area contributed by atoms with Crippen LogP contribution in [0.3, 0.4) is 0 Å². The molecule has 172 valence electrons. The molecule has 0 bridgehead atoms. The van der Waals surface area contributed by atoms with Crippen molar-refractivity contribution in [3.63, 3.8) is 0 Å². The summed E-state index contributed by atoms with van der Waals surface area (Å²) in [5.74, 6) is 0.243. The van der Waals surface area contributed by atoms with Crippen LogP contribution in [0.5, 0.6) is 17.4 Å². The molecule has 0 saturated heterocycles. The van der Waals surface area contributed by atoms with E-state index in [1.807, 2.05) is 0 Å². The summed E-state index contributed by atoms with van der Waals surface area (Å²) in [5, 5.41) is 7.59. The molecule has 2 aromatic carbocycles. The number of benzene rings is 2. The lowest BCUT2D eigenvalue weighted by Gasteiger charge is -2.34. The maximum Gasteiger partial charge on any atom is 0.416 e. The normalized spacial score (nSPS) is 15.5. The van der Waals surface area contributed by atoms with Crippen molar-refractivity contribution in [2.24, 2.45) is 0 Å². The molecule has 12 heteroatoms. The van der Waals surface area contributed by atoms with Gasteiger partial charge in [-0.15, -0.1) is 5.10 Å². The number of nitrogens with one attached hydrogen (secondary N) is 2. The number of hydrogen-bond donors (Lipinski definition) is 2. The van der Waals surface area contributed by atoms with E-state index in [0.29, 0.717) is 22.9 Å². The van der Waals surface area contributed by atoms with Gasteiger partial charge >= 0.3 is 6.09 Å². The van der Waals surface area contributed by atoms with Crippen LogP contribution in [-0.4, -0.2) is 36.7 Å². The molecule has 10 nitrogen and oxygen atoms in total. The fourth-order valence-corrected chi connectivity index (χ4v) is 3.86. The van der Waals surface area contributed by atoms with Crippen LogP contribution >= 0.6 is 0 Å². The summed E-state index contributed by atoms with van der Waals surface area (Å²) in [4.78, 5) is 14.1. The van der Waals surface area contributed by atoms with Gasteiger partial charge in [-0.2, -0.15) is 13.5 Å². The summed E-state index contributed by atoms with van der Waals surface area (Å²) in [7, 11) is -2.69. The molecule has 2 N–H and O–H groups in total. The molecule has 1 atom stereocenters. The first-order valence-corrected chi connectivity index (χ1v) is 11.3. The molecule has 33 heavy (non-hydrogen) atoms. The second-order valence-corrected chi connectivity index (χ2v) is 8.74. The molecule has 1 aromatic heterocycles. The number of amides is 1. The van der Waals surface area contributed by atoms with Gasteiger partial charge in [0, 0.05) is 36.5 Å². The molecule has 0 unspecified atom stereocenters. The standard InChI is InChI=1S/C21H20FN5O5S/c1-13-16-9-8-15(31-19-7-4-10-24-25-19)11-18(16)32-21(28)27(13)12-14-5-3-6-17(20(14)22)26-33(29,30)23-2/h3-11,13,23,26H,12H2,1-2H3/t13-/m1/s1. The minimum atomic E-state index is -3.90. The Labute approximate surface area is 189 Å². The minimum Gasteiger partial charge on any atom is -0.437 e. The summed E-state index contributed by atoms with van der Waals surface area (Å²) in [5.41, 5.74) is 0.598. The summed E-state index contributed by atoms with van der Waals surface area (Å²) < 4.78 is 53.6. The molecule has 4 rings (SSSR count). The van der Waals surface area contributed by atoms with Gasteiger partial charge < -0.3 is 9.47 Å². The number of rotatable bonds is 7. The van der Waals surface area contributed by atoms with Gasteiger partial charge in [0.1, 0.15) is 11.5 Å². The number of halogens is 1. The Balaban J connectivity index is 1.55. The maximum absolute atomic E-state index is 14.9. The molecule has 1 aliphatic heterocycles. The number of nitrogens with zero attached hydrogens (tertiary/aromatic N) is 3. The first kappa shape index (κ1) is 22.4. The molecule has 0 saturated carbocycles. The summed E-state index contributed by atoms with van der Waals surface area (Å²) >= 11 is 0. The number of carbonyl (C=O) groups is 1.